The molecule has 1 heterocycles. The number of benzene rings is 1. The van der Waals surface area contributed by atoms with Gasteiger partial charge in [-0.05, 0) is 25.0 Å². The van der Waals surface area contributed by atoms with E-state index >= 15 is 0 Å². The fourth-order valence-corrected chi connectivity index (χ4v) is 2.59. The van der Waals surface area contributed by atoms with E-state index in [1.807, 2.05) is 0 Å². The summed E-state index contributed by atoms with van der Waals surface area (Å²) in [5.74, 6) is -0.745. The number of aromatic nitrogens is 2. The zero-order valence-corrected chi connectivity index (χ0v) is 16.3. The molecule has 9 heteroatoms. The lowest BCUT2D eigenvalue weighted by Gasteiger charge is -2.10. The molecule has 7 nitrogen and oxygen atoms in total. The van der Waals surface area contributed by atoms with E-state index in [9.17, 15) is 14.0 Å². The Hall–Kier alpha value is -3.00. The van der Waals surface area contributed by atoms with Crippen LogP contribution in [0.2, 0.25) is 5.02 Å². The zero-order valence-electron chi connectivity index (χ0n) is 15.6. The maximum absolute atomic E-state index is 13.3. The van der Waals surface area contributed by atoms with Crippen molar-refractivity contribution in [2.75, 3.05) is 13.2 Å². The second-order valence-corrected chi connectivity index (χ2v) is 7.03. The van der Waals surface area contributed by atoms with Crippen molar-refractivity contribution >= 4 is 23.4 Å². The van der Waals surface area contributed by atoms with E-state index in [1.54, 1.807) is 6.20 Å². The van der Waals surface area contributed by atoms with Gasteiger partial charge < -0.3 is 15.4 Å². The Bertz CT molecular complexity index is 916. The number of halogens is 2. The molecular weight excluding hydrogens is 399 g/mol. The minimum absolute atomic E-state index is 0.0259. The molecule has 1 aliphatic rings. The smallest absolute Gasteiger partial charge is 0.271 e. The molecular formula is C20H20ClFN4O3. The zero-order chi connectivity index (χ0) is 20.8. The van der Waals surface area contributed by atoms with Crippen molar-refractivity contribution in [1.82, 2.24) is 20.6 Å². The van der Waals surface area contributed by atoms with Crippen LogP contribution in [0, 0.1) is 5.82 Å². The predicted molar refractivity (Wildman–Crippen MR) is 105 cm³/mol. The van der Waals surface area contributed by atoms with Gasteiger partial charge in [0.2, 0.25) is 0 Å². The Balaban J connectivity index is 1.34. The number of carbonyl (C=O) groups excluding carboxylic acids is 2. The Morgan fingerprint density at radius 3 is 2.72 bits per heavy atom. The summed E-state index contributed by atoms with van der Waals surface area (Å²) in [6.45, 7) is 3.70. The molecule has 2 N–H and O–H groups in total. The lowest BCUT2D eigenvalue weighted by molar-refractivity contribution is -0.122. The molecule has 1 aliphatic carbocycles. The van der Waals surface area contributed by atoms with Crippen molar-refractivity contribution in [3.05, 3.63) is 65.1 Å². The third kappa shape index (κ3) is 6.25. The first-order valence-corrected chi connectivity index (χ1v) is 9.46. The van der Waals surface area contributed by atoms with Gasteiger partial charge in [0.1, 0.15) is 17.3 Å². The monoisotopic (exact) mass is 418 g/mol. The molecule has 0 bridgehead atoms. The molecule has 152 valence electrons. The molecule has 0 saturated heterocycles. The third-order valence-electron chi connectivity index (χ3n) is 4.19. The Morgan fingerprint density at radius 1 is 1.28 bits per heavy atom. The summed E-state index contributed by atoms with van der Waals surface area (Å²) in [5.41, 5.74) is 1.57. The van der Waals surface area contributed by atoms with Crippen LogP contribution in [0.25, 0.3) is 0 Å². The van der Waals surface area contributed by atoms with Gasteiger partial charge >= 0.3 is 0 Å². The van der Waals surface area contributed by atoms with Crippen molar-refractivity contribution in [2.45, 2.75) is 25.2 Å². The minimum atomic E-state index is -0.628. The quantitative estimate of drug-likeness (QED) is 0.653. The van der Waals surface area contributed by atoms with Crippen molar-refractivity contribution in [3.8, 4) is 5.75 Å². The molecule has 3 rings (SSSR count). The van der Waals surface area contributed by atoms with E-state index in [4.69, 9.17) is 16.3 Å². The van der Waals surface area contributed by atoms with E-state index in [2.05, 4.69) is 27.2 Å². The van der Waals surface area contributed by atoms with Crippen molar-refractivity contribution in [2.24, 2.45) is 0 Å². The molecule has 0 spiro atoms. The van der Waals surface area contributed by atoms with Gasteiger partial charge in [0.25, 0.3) is 11.8 Å². The molecule has 2 amide bonds. The van der Waals surface area contributed by atoms with E-state index in [0.717, 1.165) is 24.6 Å². The van der Waals surface area contributed by atoms with Gasteiger partial charge in [0.05, 0.1) is 16.9 Å². The first-order valence-electron chi connectivity index (χ1n) is 9.08. The SMILES string of the molecule is C=C(CCNC(=O)c1cnc(C2CC2)cn1)NC(=O)COc1ccc(Cl)c(F)c1. The number of ether oxygens (including phenoxy) is 1. The molecule has 0 unspecified atom stereocenters. The fraction of sp³-hybridized carbons (Fsp3) is 0.300. The highest BCUT2D eigenvalue weighted by atomic mass is 35.5. The van der Waals surface area contributed by atoms with Gasteiger partial charge in [-0.15, -0.1) is 0 Å². The van der Waals surface area contributed by atoms with Crippen LogP contribution < -0.4 is 15.4 Å². The van der Waals surface area contributed by atoms with Gasteiger partial charge in [0, 0.05) is 36.8 Å². The van der Waals surface area contributed by atoms with Crippen LogP contribution in [0.4, 0.5) is 4.39 Å². The molecule has 1 fully saturated rings. The van der Waals surface area contributed by atoms with E-state index in [-0.39, 0.29) is 35.5 Å². The van der Waals surface area contributed by atoms with Crippen LogP contribution in [0.3, 0.4) is 0 Å². The van der Waals surface area contributed by atoms with E-state index < -0.39 is 11.7 Å². The Kier molecular flexibility index (Phi) is 6.77. The summed E-state index contributed by atoms with van der Waals surface area (Å²) in [4.78, 5) is 32.3. The molecule has 1 aromatic carbocycles. The Morgan fingerprint density at radius 2 is 2.07 bits per heavy atom. The lowest BCUT2D eigenvalue weighted by Crippen LogP contribution is -2.31. The van der Waals surface area contributed by atoms with Gasteiger partial charge in [0.15, 0.2) is 6.61 Å². The maximum Gasteiger partial charge on any atom is 0.271 e. The molecule has 29 heavy (non-hydrogen) atoms. The first kappa shape index (κ1) is 20.7. The summed E-state index contributed by atoms with van der Waals surface area (Å²) in [7, 11) is 0. The minimum Gasteiger partial charge on any atom is -0.484 e. The molecule has 1 saturated carbocycles. The highest BCUT2D eigenvalue weighted by molar-refractivity contribution is 6.30. The van der Waals surface area contributed by atoms with Crippen LogP contribution in [-0.2, 0) is 4.79 Å². The van der Waals surface area contributed by atoms with Crippen molar-refractivity contribution in [3.63, 3.8) is 0 Å². The number of nitrogens with zero attached hydrogens (tertiary/aromatic N) is 2. The molecule has 0 aliphatic heterocycles. The highest BCUT2D eigenvalue weighted by Gasteiger charge is 2.25. The number of nitrogens with one attached hydrogen (secondary N) is 2. The summed E-state index contributed by atoms with van der Waals surface area (Å²) < 4.78 is 18.5. The summed E-state index contributed by atoms with van der Waals surface area (Å²) in [6.07, 6.45) is 5.68. The lowest BCUT2D eigenvalue weighted by atomic mass is 10.3. The van der Waals surface area contributed by atoms with Crippen molar-refractivity contribution < 1.29 is 18.7 Å². The average molecular weight is 419 g/mol. The van der Waals surface area contributed by atoms with E-state index in [1.165, 1.54) is 18.3 Å². The van der Waals surface area contributed by atoms with Gasteiger partial charge in [-0.25, -0.2) is 9.37 Å². The average Bonchev–Trinajstić information content (AvgIpc) is 3.54. The number of hydrogen-bond acceptors (Lipinski definition) is 5. The highest BCUT2D eigenvalue weighted by Crippen LogP contribution is 2.38. The normalized spacial score (nSPS) is 12.9. The first-order chi connectivity index (χ1) is 13.9. The van der Waals surface area contributed by atoms with Crippen LogP contribution in [-0.4, -0.2) is 34.9 Å². The molecule has 0 atom stereocenters. The maximum atomic E-state index is 13.3. The third-order valence-corrected chi connectivity index (χ3v) is 4.50. The standard InChI is InChI=1S/C20H20ClFN4O3/c1-12(26-19(27)11-29-14-4-5-15(21)16(22)8-14)6-7-23-20(28)18-10-24-17(9-25-18)13-2-3-13/h4-5,8-10,13H,1-3,6-7,11H2,(H,23,28)(H,26,27). The number of hydrogen-bond donors (Lipinski definition) is 2. The molecule has 2 aromatic rings. The van der Waals surface area contributed by atoms with Gasteiger partial charge in [-0.3, -0.25) is 14.6 Å². The fourth-order valence-electron chi connectivity index (χ4n) is 2.47. The second-order valence-electron chi connectivity index (χ2n) is 6.62. The van der Waals surface area contributed by atoms with Gasteiger partial charge in [-0.1, -0.05) is 18.2 Å². The van der Waals surface area contributed by atoms with Crippen LogP contribution in [0.1, 0.15) is 41.4 Å². The van der Waals surface area contributed by atoms with Gasteiger partial charge in [-0.2, -0.15) is 0 Å². The van der Waals surface area contributed by atoms with Crippen molar-refractivity contribution in [1.29, 1.82) is 0 Å². The number of amides is 2. The topological polar surface area (TPSA) is 93.2 Å². The van der Waals surface area contributed by atoms with Crippen LogP contribution in [0.5, 0.6) is 5.75 Å². The van der Waals surface area contributed by atoms with Crippen LogP contribution in [0.15, 0.2) is 42.9 Å². The summed E-state index contributed by atoms with van der Waals surface area (Å²) >= 11 is 5.59. The van der Waals surface area contributed by atoms with E-state index in [0.29, 0.717) is 18.0 Å². The molecule has 0 radical (unpaired) electrons. The predicted octanol–water partition coefficient (Wildman–Crippen LogP) is 2.98. The van der Waals surface area contributed by atoms with Crippen LogP contribution >= 0.6 is 11.6 Å². The largest absolute Gasteiger partial charge is 0.484 e. The number of carbonyl (C=O) groups is 2. The second kappa shape index (κ2) is 9.47. The Labute approximate surface area is 172 Å². The molecule has 1 aromatic heterocycles. The number of rotatable bonds is 9. The summed E-state index contributed by atoms with van der Waals surface area (Å²) in [5, 5.41) is 5.23. The summed E-state index contributed by atoms with van der Waals surface area (Å²) in [6, 6.07) is 3.90.